The number of ether oxygens (including phenoxy) is 1. The first-order valence-corrected chi connectivity index (χ1v) is 11.7. The van der Waals surface area contributed by atoms with E-state index in [1.165, 1.54) is 29.7 Å². The summed E-state index contributed by atoms with van der Waals surface area (Å²) in [5, 5.41) is 6.41. The Morgan fingerprint density at radius 2 is 2.21 bits per heavy atom. The molecule has 0 saturated carbocycles. The summed E-state index contributed by atoms with van der Waals surface area (Å²) in [5.74, 6) is 0.0976. The molecule has 1 aromatic heterocycles. The van der Waals surface area contributed by atoms with Crippen LogP contribution in [-0.2, 0) is 14.8 Å². The fraction of sp³-hybridized carbons (Fsp3) is 0.474. The molecule has 0 radical (unpaired) electrons. The lowest BCUT2D eigenvalue weighted by molar-refractivity contribution is -0.114. The third-order valence-electron chi connectivity index (χ3n) is 4.79. The van der Waals surface area contributed by atoms with E-state index in [4.69, 9.17) is 4.74 Å². The van der Waals surface area contributed by atoms with Gasteiger partial charge in [0.15, 0.2) is 5.13 Å². The molecule has 1 saturated heterocycles. The maximum atomic E-state index is 13.5. The molecule has 0 spiro atoms. The van der Waals surface area contributed by atoms with Gasteiger partial charge in [0.2, 0.25) is 15.9 Å². The highest BCUT2D eigenvalue weighted by atomic mass is 32.2. The van der Waals surface area contributed by atoms with Gasteiger partial charge in [-0.2, -0.15) is 4.31 Å². The van der Waals surface area contributed by atoms with Crippen molar-refractivity contribution in [1.82, 2.24) is 14.6 Å². The van der Waals surface area contributed by atoms with Crippen molar-refractivity contribution in [3.8, 4) is 16.2 Å². The molecule has 1 fully saturated rings. The summed E-state index contributed by atoms with van der Waals surface area (Å²) in [6.45, 7) is 6.25. The van der Waals surface area contributed by atoms with Crippen molar-refractivity contribution in [3.05, 3.63) is 23.9 Å². The zero-order chi connectivity index (χ0) is 21.2. The van der Waals surface area contributed by atoms with Crippen molar-refractivity contribution in [2.24, 2.45) is 0 Å². The van der Waals surface area contributed by atoms with Gasteiger partial charge in [-0.25, -0.2) is 13.4 Å². The number of aromatic nitrogens is 1. The van der Waals surface area contributed by atoms with Crippen LogP contribution in [0.1, 0.15) is 32.4 Å². The topological polar surface area (TPSA) is 101 Å². The average molecular weight is 439 g/mol. The minimum absolute atomic E-state index is 0.127. The Morgan fingerprint density at radius 3 is 2.79 bits per heavy atom. The Kier molecular flexibility index (Phi) is 6.57. The van der Waals surface area contributed by atoms with Crippen molar-refractivity contribution in [3.63, 3.8) is 0 Å². The van der Waals surface area contributed by atoms with Crippen molar-refractivity contribution < 1.29 is 17.9 Å². The number of carbonyl (C=O) groups excluding carboxylic acids is 1. The highest BCUT2D eigenvalue weighted by molar-refractivity contribution is 7.89. The van der Waals surface area contributed by atoms with E-state index in [2.05, 4.69) is 15.6 Å². The number of methoxy groups -OCH3 is 1. The summed E-state index contributed by atoms with van der Waals surface area (Å²) < 4.78 is 33.8. The van der Waals surface area contributed by atoms with Crippen molar-refractivity contribution >= 4 is 32.4 Å². The standard InChI is InChI=1S/C19H26N4O4S2/c1-5-23(17-7-6-10-20-17)29(25,26)16-11-14(8-9-15(16)27-4)18-12(2)21-19(28-18)22-13(3)24/h8-9,11,17,20H,5-7,10H2,1-4H3,(H,21,22,24). The van der Waals surface area contributed by atoms with Gasteiger partial charge in [0.05, 0.1) is 23.8 Å². The Balaban J connectivity index is 2.05. The second kappa shape index (κ2) is 8.78. The minimum Gasteiger partial charge on any atom is -0.495 e. The van der Waals surface area contributed by atoms with Gasteiger partial charge in [0.1, 0.15) is 10.6 Å². The molecule has 2 aromatic rings. The predicted octanol–water partition coefficient (Wildman–Crippen LogP) is 2.81. The Morgan fingerprint density at radius 1 is 1.45 bits per heavy atom. The van der Waals surface area contributed by atoms with Crippen LogP contribution in [0.15, 0.2) is 23.1 Å². The van der Waals surface area contributed by atoms with E-state index in [0.29, 0.717) is 23.0 Å². The van der Waals surface area contributed by atoms with Crippen molar-refractivity contribution in [2.75, 3.05) is 25.5 Å². The molecule has 1 aromatic carbocycles. The summed E-state index contributed by atoms with van der Waals surface area (Å²) >= 11 is 1.31. The lowest BCUT2D eigenvalue weighted by Gasteiger charge is -2.27. The van der Waals surface area contributed by atoms with Gasteiger partial charge in [0.25, 0.3) is 0 Å². The first kappa shape index (κ1) is 21.7. The van der Waals surface area contributed by atoms with E-state index in [1.54, 1.807) is 18.2 Å². The highest BCUT2D eigenvalue weighted by Crippen LogP contribution is 2.37. The van der Waals surface area contributed by atoms with Gasteiger partial charge in [-0.3, -0.25) is 4.79 Å². The fourth-order valence-electron chi connectivity index (χ4n) is 3.48. The number of aryl methyl sites for hydroxylation is 1. The van der Waals surface area contributed by atoms with Crippen LogP contribution in [0, 0.1) is 6.92 Å². The molecule has 1 atom stereocenters. The molecule has 0 aliphatic carbocycles. The van der Waals surface area contributed by atoms with Crippen LogP contribution in [0.5, 0.6) is 5.75 Å². The van der Waals surface area contributed by atoms with E-state index < -0.39 is 10.0 Å². The quantitative estimate of drug-likeness (QED) is 0.689. The number of nitrogens with one attached hydrogen (secondary N) is 2. The maximum absolute atomic E-state index is 13.5. The Labute approximate surface area is 175 Å². The molecule has 29 heavy (non-hydrogen) atoms. The van der Waals surface area contributed by atoms with Gasteiger partial charge in [0, 0.05) is 13.5 Å². The normalized spacial score (nSPS) is 16.9. The van der Waals surface area contributed by atoms with E-state index in [0.717, 1.165) is 30.0 Å². The van der Waals surface area contributed by atoms with Gasteiger partial charge < -0.3 is 15.4 Å². The second-order valence-corrected chi connectivity index (χ2v) is 9.66. The number of benzene rings is 1. The highest BCUT2D eigenvalue weighted by Gasteiger charge is 2.34. The number of anilines is 1. The Bertz CT molecular complexity index is 998. The van der Waals surface area contributed by atoms with Crippen LogP contribution < -0.4 is 15.4 Å². The van der Waals surface area contributed by atoms with Crippen LogP contribution in [0.2, 0.25) is 0 Å². The second-order valence-electron chi connectivity index (χ2n) is 6.80. The molecule has 1 aliphatic rings. The molecular weight excluding hydrogens is 412 g/mol. The Hall–Kier alpha value is -2.01. The zero-order valence-electron chi connectivity index (χ0n) is 17.0. The molecule has 0 bridgehead atoms. The van der Waals surface area contributed by atoms with Crippen LogP contribution in [-0.4, -0.2) is 50.0 Å². The van der Waals surface area contributed by atoms with Gasteiger partial charge >= 0.3 is 0 Å². The van der Waals surface area contributed by atoms with E-state index >= 15 is 0 Å². The van der Waals surface area contributed by atoms with Crippen molar-refractivity contribution in [1.29, 1.82) is 0 Å². The van der Waals surface area contributed by atoms with Crippen LogP contribution >= 0.6 is 11.3 Å². The summed E-state index contributed by atoms with van der Waals surface area (Å²) in [6.07, 6.45) is 1.51. The number of amides is 1. The van der Waals surface area contributed by atoms with Gasteiger partial charge in [-0.15, -0.1) is 0 Å². The summed E-state index contributed by atoms with van der Waals surface area (Å²) in [6, 6.07) is 5.10. The van der Waals surface area contributed by atoms with Gasteiger partial charge in [-0.1, -0.05) is 18.3 Å². The molecule has 2 N–H and O–H groups in total. The minimum atomic E-state index is -3.77. The van der Waals surface area contributed by atoms with Crippen LogP contribution in [0.25, 0.3) is 10.4 Å². The monoisotopic (exact) mass is 438 g/mol. The number of carbonyl (C=O) groups is 1. The number of thiazole rings is 1. The molecule has 1 aliphatic heterocycles. The number of hydrogen-bond donors (Lipinski definition) is 2. The molecule has 3 rings (SSSR count). The lowest BCUT2D eigenvalue weighted by Crippen LogP contribution is -2.45. The van der Waals surface area contributed by atoms with Crippen LogP contribution in [0.3, 0.4) is 0 Å². The number of rotatable bonds is 7. The first-order chi connectivity index (χ1) is 13.8. The zero-order valence-corrected chi connectivity index (χ0v) is 18.6. The fourth-order valence-corrected chi connectivity index (χ4v) is 6.28. The number of hydrogen-bond acceptors (Lipinski definition) is 7. The molecule has 2 heterocycles. The first-order valence-electron chi connectivity index (χ1n) is 9.46. The number of sulfonamides is 1. The largest absolute Gasteiger partial charge is 0.495 e. The van der Waals surface area contributed by atoms with Crippen LogP contribution in [0.4, 0.5) is 5.13 Å². The summed E-state index contributed by atoms with van der Waals surface area (Å²) in [5.41, 5.74) is 1.43. The third kappa shape index (κ3) is 4.45. The third-order valence-corrected chi connectivity index (χ3v) is 7.91. The van der Waals surface area contributed by atoms with Gasteiger partial charge in [-0.05, 0) is 50.1 Å². The van der Waals surface area contributed by atoms with E-state index in [9.17, 15) is 13.2 Å². The summed E-state index contributed by atoms with van der Waals surface area (Å²) in [7, 11) is -2.31. The molecule has 158 valence electrons. The smallest absolute Gasteiger partial charge is 0.248 e. The molecular formula is C19H26N4O4S2. The molecule has 8 nitrogen and oxygen atoms in total. The van der Waals surface area contributed by atoms with E-state index in [1.807, 2.05) is 13.8 Å². The van der Waals surface area contributed by atoms with E-state index in [-0.39, 0.29) is 17.0 Å². The molecule has 1 unspecified atom stereocenters. The SMILES string of the molecule is CCN(C1CCCN1)S(=O)(=O)c1cc(-c2sc(NC(C)=O)nc2C)ccc1OC. The predicted molar refractivity (Wildman–Crippen MR) is 114 cm³/mol. The van der Waals surface area contributed by atoms with Crippen molar-refractivity contribution in [2.45, 2.75) is 44.7 Å². The lowest BCUT2D eigenvalue weighted by atomic mass is 10.1. The maximum Gasteiger partial charge on any atom is 0.248 e. The molecule has 1 amide bonds. The summed E-state index contributed by atoms with van der Waals surface area (Å²) in [4.78, 5) is 16.6. The average Bonchev–Trinajstić information content (AvgIpc) is 3.31. The number of nitrogens with zero attached hydrogens (tertiary/aromatic N) is 2. The molecule has 10 heteroatoms.